The summed E-state index contributed by atoms with van der Waals surface area (Å²) in [6, 6.07) is 0. The molecule has 0 spiro atoms. The van der Waals surface area contributed by atoms with E-state index in [9.17, 15) is 0 Å². The minimum absolute atomic E-state index is 0.120. The molecule has 1 aromatic heterocycles. The number of tetrazole rings is 1. The van der Waals surface area contributed by atoms with Crippen molar-refractivity contribution >= 4 is 11.6 Å². The number of hydrogen-bond donors (Lipinski definition) is 0. The summed E-state index contributed by atoms with van der Waals surface area (Å²) in [6.45, 7) is 1.83. The van der Waals surface area contributed by atoms with Gasteiger partial charge in [0.05, 0.1) is 5.38 Å². The van der Waals surface area contributed by atoms with Gasteiger partial charge in [0, 0.05) is 7.05 Å². The maximum Gasteiger partial charge on any atom is 0.168 e. The Balaban J connectivity index is 2.94. The van der Waals surface area contributed by atoms with Crippen LogP contribution in [0, 0.1) is 0 Å². The van der Waals surface area contributed by atoms with Gasteiger partial charge in [0.1, 0.15) is 0 Å². The van der Waals surface area contributed by atoms with Crippen LogP contribution in [0.5, 0.6) is 0 Å². The summed E-state index contributed by atoms with van der Waals surface area (Å²) in [4.78, 5) is 0. The van der Waals surface area contributed by atoms with Gasteiger partial charge in [-0.15, -0.1) is 16.7 Å². The van der Waals surface area contributed by atoms with Crippen LogP contribution < -0.4 is 0 Å². The van der Waals surface area contributed by atoms with E-state index in [0.29, 0.717) is 5.82 Å². The highest BCUT2D eigenvalue weighted by Crippen LogP contribution is 2.13. The first kappa shape index (κ1) is 6.48. The summed E-state index contributed by atoms with van der Waals surface area (Å²) in [5.41, 5.74) is 0. The van der Waals surface area contributed by atoms with Crippen LogP contribution in [0.1, 0.15) is 18.1 Å². The van der Waals surface area contributed by atoms with Crippen molar-refractivity contribution in [1.29, 1.82) is 0 Å². The van der Waals surface area contributed by atoms with Crippen molar-refractivity contribution < 1.29 is 0 Å². The third-order valence-electron chi connectivity index (χ3n) is 1.01. The topological polar surface area (TPSA) is 43.6 Å². The van der Waals surface area contributed by atoms with E-state index in [1.54, 1.807) is 11.7 Å². The van der Waals surface area contributed by atoms with Gasteiger partial charge in [-0.25, -0.2) is 4.68 Å². The zero-order valence-electron chi connectivity index (χ0n) is 5.24. The molecule has 1 rings (SSSR count). The fraction of sp³-hybridized carbons (Fsp3) is 0.750. The molecule has 50 valence electrons. The number of aryl methyl sites for hydroxylation is 1. The van der Waals surface area contributed by atoms with Gasteiger partial charge >= 0.3 is 0 Å². The second kappa shape index (κ2) is 2.31. The van der Waals surface area contributed by atoms with E-state index in [0.717, 1.165) is 0 Å². The van der Waals surface area contributed by atoms with Gasteiger partial charge < -0.3 is 0 Å². The molecule has 0 saturated carbocycles. The molecule has 1 aromatic rings. The first-order valence-corrected chi connectivity index (χ1v) is 3.02. The van der Waals surface area contributed by atoms with Crippen LogP contribution in [0.25, 0.3) is 0 Å². The van der Waals surface area contributed by atoms with Gasteiger partial charge in [-0.3, -0.25) is 0 Å². The number of nitrogens with zero attached hydrogens (tertiary/aromatic N) is 4. The molecule has 1 heterocycles. The van der Waals surface area contributed by atoms with Gasteiger partial charge in [0.15, 0.2) is 5.82 Å². The average molecular weight is 147 g/mol. The van der Waals surface area contributed by atoms with Crippen LogP contribution in [0.15, 0.2) is 0 Å². The summed E-state index contributed by atoms with van der Waals surface area (Å²) < 4.78 is 1.55. The predicted molar refractivity (Wildman–Crippen MR) is 33.1 cm³/mol. The van der Waals surface area contributed by atoms with Gasteiger partial charge in [0.25, 0.3) is 0 Å². The highest BCUT2D eigenvalue weighted by molar-refractivity contribution is 6.20. The fourth-order valence-corrected chi connectivity index (χ4v) is 0.758. The lowest BCUT2D eigenvalue weighted by Gasteiger charge is -1.96. The van der Waals surface area contributed by atoms with Crippen molar-refractivity contribution in [1.82, 2.24) is 20.2 Å². The zero-order chi connectivity index (χ0) is 6.85. The Morgan fingerprint density at radius 3 is 2.56 bits per heavy atom. The summed E-state index contributed by atoms with van der Waals surface area (Å²) in [6.07, 6.45) is 0. The second-order valence-electron chi connectivity index (χ2n) is 1.78. The summed E-state index contributed by atoms with van der Waals surface area (Å²) in [5, 5.41) is 10.6. The number of rotatable bonds is 1. The van der Waals surface area contributed by atoms with Crippen molar-refractivity contribution in [3.63, 3.8) is 0 Å². The Hall–Kier alpha value is -0.640. The van der Waals surface area contributed by atoms with E-state index in [2.05, 4.69) is 15.5 Å². The largest absolute Gasteiger partial charge is 0.231 e. The van der Waals surface area contributed by atoms with Crippen LogP contribution in [0.2, 0.25) is 0 Å². The quantitative estimate of drug-likeness (QED) is 0.543. The molecular weight excluding hydrogens is 140 g/mol. The molecule has 0 aliphatic carbocycles. The van der Waals surface area contributed by atoms with E-state index in [1.165, 1.54) is 0 Å². The molecule has 0 aromatic carbocycles. The Morgan fingerprint density at radius 2 is 2.33 bits per heavy atom. The number of hydrogen-bond acceptors (Lipinski definition) is 3. The van der Waals surface area contributed by atoms with Crippen LogP contribution in [-0.2, 0) is 7.05 Å². The van der Waals surface area contributed by atoms with Crippen molar-refractivity contribution in [2.45, 2.75) is 12.3 Å². The lowest BCUT2D eigenvalue weighted by molar-refractivity contribution is 0.677. The Kier molecular flexibility index (Phi) is 1.66. The van der Waals surface area contributed by atoms with Gasteiger partial charge in [-0.2, -0.15) is 0 Å². The number of alkyl halides is 1. The maximum absolute atomic E-state index is 5.69. The van der Waals surface area contributed by atoms with Crippen LogP contribution in [0.3, 0.4) is 0 Å². The lowest BCUT2D eigenvalue weighted by atomic mass is 10.4. The molecule has 0 bridgehead atoms. The van der Waals surface area contributed by atoms with Gasteiger partial charge in [0.2, 0.25) is 0 Å². The van der Waals surface area contributed by atoms with Crippen LogP contribution >= 0.6 is 11.6 Å². The van der Waals surface area contributed by atoms with Crippen LogP contribution in [-0.4, -0.2) is 20.2 Å². The van der Waals surface area contributed by atoms with E-state index in [1.807, 2.05) is 6.92 Å². The van der Waals surface area contributed by atoms with Gasteiger partial charge in [-0.05, 0) is 17.4 Å². The number of halogens is 1. The van der Waals surface area contributed by atoms with E-state index >= 15 is 0 Å². The molecule has 0 amide bonds. The molecule has 0 aliphatic heterocycles. The third kappa shape index (κ3) is 1.18. The zero-order valence-corrected chi connectivity index (χ0v) is 6.00. The molecule has 4 nitrogen and oxygen atoms in total. The molecule has 0 aliphatic rings. The Bertz CT molecular complexity index is 194. The molecule has 0 N–H and O–H groups in total. The third-order valence-corrected chi connectivity index (χ3v) is 1.20. The fourth-order valence-electron chi connectivity index (χ4n) is 0.573. The van der Waals surface area contributed by atoms with Crippen LogP contribution in [0.4, 0.5) is 0 Å². The number of aromatic nitrogens is 4. The first-order chi connectivity index (χ1) is 4.22. The molecule has 0 fully saturated rings. The minimum Gasteiger partial charge on any atom is -0.231 e. The minimum atomic E-state index is -0.120. The molecule has 9 heavy (non-hydrogen) atoms. The van der Waals surface area contributed by atoms with E-state index in [4.69, 9.17) is 11.6 Å². The highest BCUT2D eigenvalue weighted by atomic mass is 35.5. The predicted octanol–water partition coefficient (Wildman–Crippen LogP) is 0.510. The Morgan fingerprint density at radius 1 is 1.67 bits per heavy atom. The molecule has 5 heteroatoms. The molecule has 0 unspecified atom stereocenters. The first-order valence-electron chi connectivity index (χ1n) is 2.58. The summed E-state index contributed by atoms with van der Waals surface area (Å²) >= 11 is 5.69. The highest BCUT2D eigenvalue weighted by Gasteiger charge is 2.06. The maximum atomic E-state index is 5.69. The van der Waals surface area contributed by atoms with Crippen molar-refractivity contribution in [3.05, 3.63) is 5.82 Å². The lowest BCUT2D eigenvalue weighted by Crippen LogP contribution is -1.99. The summed E-state index contributed by atoms with van der Waals surface area (Å²) in [5.74, 6) is 0.691. The smallest absolute Gasteiger partial charge is 0.168 e. The van der Waals surface area contributed by atoms with Crippen molar-refractivity contribution in [3.8, 4) is 0 Å². The van der Waals surface area contributed by atoms with Crippen molar-refractivity contribution in [2.75, 3.05) is 0 Å². The molecule has 1 atom stereocenters. The SMILES string of the molecule is C[C@@H](Cl)c1nnnn1C. The van der Waals surface area contributed by atoms with Crippen molar-refractivity contribution in [2.24, 2.45) is 7.05 Å². The van der Waals surface area contributed by atoms with E-state index < -0.39 is 0 Å². The monoisotopic (exact) mass is 146 g/mol. The van der Waals surface area contributed by atoms with Gasteiger partial charge in [-0.1, -0.05) is 0 Å². The average Bonchev–Trinajstić information content (AvgIpc) is 2.13. The molecular formula is C4H7ClN4. The Labute approximate surface area is 57.8 Å². The molecule has 0 radical (unpaired) electrons. The molecule has 0 saturated heterocycles. The summed E-state index contributed by atoms with van der Waals surface area (Å²) in [7, 11) is 1.76. The van der Waals surface area contributed by atoms with E-state index in [-0.39, 0.29) is 5.38 Å². The normalized spacial score (nSPS) is 13.7. The second-order valence-corrected chi connectivity index (χ2v) is 2.43. The standard InChI is InChI=1S/C4H7ClN4/c1-3(5)4-6-7-8-9(4)2/h3H,1-2H3/t3-/m1/s1.